The predicted octanol–water partition coefficient (Wildman–Crippen LogP) is 2.82. The number of hydrogen-bond acceptors (Lipinski definition) is 2. The van der Waals surface area contributed by atoms with Gasteiger partial charge in [-0.1, -0.05) is 25.5 Å². The summed E-state index contributed by atoms with van der Waals surface area (Å²) in [7, 11) is 2.15. The van der Waals surface area contributed by atoms with Gasteiger partial charge in [-0.25, -0.2) is 0 Å². The number of hydrogen-bond donors (Lipinski definition) is 1. The van der Waals surface area contributed by atoms with E-state index in [2.05, 4.69) is 55.4 Å². The standard InChI is InChI=1S/C14H24N2/c1-4-5-9-15-10-11-16(3)14-8-6-7-13(2)12-14/h6-8,12,15H,4-5,9-11H2,1-3H3. The molecule has 0 heterocycles. The summed E-state index contributed by atoms with van der Waals surface area (Å²) >= 11 is 0. The highest BCUT2D eigenvalue weighted by Crippen LogP contribution is 2.13. The van der Waals surface area contributed by atoms with Gasteiger partial charge in [-0.15, -0.1) is 0 Å². The molecular weight excluding hydrogens is 196 g/mol. The number of aryl methyl sites for hydroxylation is 1. The van der Waals surface area contributed by atoms with Gasteiger partial charge in [0.05, 0.1) is 0 Å². The zero-order valence-electron chi connectivity index (χ0n) is 10.8. The first-order valence-corrected chi connectivity index (χ1v) is 6.22. The molecule has 0 amide bonds. The van der Waals surface area contributed by atoms with Gasteiger partial charge in [-0.05, 0) is 37.6 Å². The van der Waals surface area contributed by atoms with Gasteiger partial charge in [0.2, 0.25) is 0 Å². The second kappa shape index (κ2) is 7.29. The first-order valence-electron chi connectivity index (χ1n) is 6.22. The van der Waals surface area contributed by atoms with E-state index in [-0.39, 0.29) is 0 Å². The Labute approximate surface area is 99.7 Å². The molecule has 0 bridgehead atoms. The fourth-order valence-corrected chi connectivity index (χ4v) is 1.67. The van der Waals surface area contributed by atoms with Crippen LogP contribution in [0.15, 0.2) is 24.3 Å². The lowest BCUT2D eigenvalue weighted by molar-refractivity contribution is 0.637. The average Bonchev–Trinajstić information content (AvgIpc) is 2.28. The lowest BCUT2D eigenvalue weighted by Crippen LogP contribution is -2.29. The Morgan fingerprint density at radius 3 is 2.75 bits per heavy atom. The van der Waals surface area contributed by atoms with Crippen LogP contribution < -0.4 is 10.2 Å². The summed E-state index contributed by atoms with van der Waals surface area (Å²) in [5.74, 6) is 0. The molecule has 16 heavy (non-hydrogen) atoms. The van der Waals surface area contributed by atoms with Crippen molar-refractivity contribution in [3.63, 3.8) is 0 Å². The van der Waals surface area contributed by atoms with E-state index in [9.17, 15) is 0 Å². The summed E-state index contributed by atoms with van der Waals surface area (Å²) in [6.07, 6.45) is 2.54. The van der Waals surface area contributed by atoms with Crippen molar-refractivity contribution in [1.29, 1.82) is 0 Å². The minimum atomic E-state index is 1.06. The number of rotatable bonds is 7. The summed E-state index contributed by atoms with van der Waals surface area (Å²) in [6, 6.07) is 8.65. The van der Waals surface area contributed by atoms with Crippen LogP contribution in [-0.4, -0.2) is 26.7 Å². The van der Waals surface area contributed by atoms with Gasteiger partial charge in [0, 0.05) is 25.8 Å². The zero-order valence-corrected chi connectivity index (χ0v) is 10.8. The summed E-state index contributed by atoms with van der Waals surface area (Å²) in [5.41, 5.74) is 2.63. The molecule has 0 spiro atoms. The second-order valence-corrected chi connectivity index (χ2v) is 4.36. The van der Waals surface area contributed by atoms with Crippen LogP contribution in [-0.2, 0) is 0 Å². The minimum Gasteiger partial charge on any atom is -0.373 e. The maximum atomic E-state index is 3.46. The van der Waals surface area contributed by atoms with Crippen molar-refractivity contribution in [3.8, 4) is 0 Å². The number of nitrogens with zero attached hydrogens (tertiary/aromatic N) is 1. The van der Waals surface area contributed by atoms with Crippen LogP contribution in [0.4, 0.5) is 5.69 Å². The molecule has 0 aliphatic heterocycles. The molecule has 0 fully saturated rings. The van der Waals surface area contributed by atoms with Gasteiger partial charge >= 0.3 is 0 Å². The summed E-state index contributed by atoms with van der Waals surface area (Å²) in [4.78, 5) is 2.30. The van der Waals surface area contributed by atoms with Gasteiger partial charge < -0.3 is 10.2 Å². The number of likely N-dealkylation sites (N-methyl/N-ethyl adjacent to an activating group) is 1. The molecule has 0 saturated heterocycles. The highest BCUT2D eigenvalue weighted by molar-refractivity contribution is 5.47. The summed E-state index contributed by atoms with van der Waals surface area (Å²) in [5, 5.41) is 3.46. The largest absolute Gasteiger partial charge is 0.373 e. The molecule has 0 unspecified atom stereocenters. The van der Waals surface area contributed by atoms with E-state index >= 15 is 0 Å². The fraction of sp³-hybridized carbons (Fsp3) is 0.571. The molecular formula is C14H24N2. The average molecular weight is 220 g/mol. The predicted molar refractivity (Wildman–Crippen MR) is 72.2 cm³/mol. The number of nitrogens with one attached hydrogen (secondary N) is 1. The van der Waals surface area contributed by atoms with Crippen molar-refractivity contribution in [2.75, 3.05) is 31.6 Å². The van der Waals surface area contributed by atoms with Crippen LogP contribution in [0.2, 0.25) is 0 Å². The van der Waals surface area contributed by atoms with Gasteiger partial charge in [0.15, 0.2) is 0 Å². The molecule has 0 aliphatic rings. The zero-order chi connectivity index (χ0) is 11.8. The molecule has 0 radical (unpaired) electrons. The smallest absolute Gasteiger partial charge is 0.0366 e. The third-order valence-electron chi connectivity index (χ3n) is 2.77. The lowest BCUT2D eigenvalue weighted by atomic mass is 10.2. The molecule has 0 saturated carbocycles. The van der Waals surface area contributed by atoms with Crippen LogP contribution in [0.25, 0.3) is 0 Å². The van der Waals surface area contributed by atoms with Gasteiger partial charge in [-0.2, -0.15) is 0 Å². The van der Waals surface area contributed by atoms with Crippen molar-refractivity contribution < 1.29 is 0 Å². The first kappa shape index (κ1) is 13.0. The molecule has 1 aromatic rings. The molecule has 1 N–H and O–H groups in total. The second-order valence-electron chi connectivity index (χ2n) is 4.36. The van der Waals surface area contributed by atoms with E-state index in [1.165, 1.54) is 24.1 Å². The third-order valence-corrected chi connectivity index (χ3v) is 2.77. The minimum absolute atomic E-state index is 1.06. The molecule has 0 atom stereocenters. The topological polar surface area (TPSA) is 15.3 Å². The van der Waals surface area contributed by atoms with Crippen molar-refractivity contribution in [1.82, 2.24) is 5.32 Å². The Morgan fingerprint density at radius 1 is 1.25 bits per heavy atom. The van der Waals surface area contributed by atoms with Gasteiger partial charge in [0.1, 0.15) is 0 Å². The van der Waals surface area contributed by atoms with Crippen LogP contribution >= 0.6 is 0 Å². The van der Waals surface area contributed by atoms with Gasteiger partial charge in [0.25, 0.3) is 0 Å². The van der Waals surface area contributed by atoms with E-state index in [0.717, 1.165) is 19.6 Å². The van der Waals surface area contributed by atoms with Crippen molar-refractivity contribution >= 4 is 5.69 Å². The molecule has 2 heteroatoms. The van der Waals surface area contributed by atoms with Crippen LogP contribution in [0.5, 0.6) is 0 Å². The molecule has 90 valence electrons. The monoisotopic (exact) mass is 220 g/mol. The van der Waals surface area contributed by atoms with E-state index < -0.39 is 0 Å². The van der Waals surface area contributed by atoms with E-state index in [4.69, 9.17) is 0 Å². The molecule has 1 rings (SSSR count). The number of benzene rings is 1. The van der Waals surface area contributed by atoms with E-state index in [1.807, 2.05) is 0 Å². The quantitative estimate of drug-likeness (QED) is 0.711. The molecule has 0 aliphatic carbocycles. The molecule has 0 aromatic heterocycles. The molecule has 1 aromatic carbocycles. The SMILES string of the molecule is CCCCNCCN(C)c1cccc(C)c1. The first-order chi connectivity index (χ1) is 7.74. The third kappa shape index (κ3) is 4.67. The normalized spacial score (nSPS) is 10.4. The van der Waals surface area contributed by atoms with Crippen LogP contribution in [0.3, 0.4) is 0 Å². The highest BCUT2D eigenvalue weighted by atomic mass is 15.1. The maximum absolute atomic E-state index is 3.46. The van der Waals surface area contributed by atoms with Crippen molar-refractivity contribution in [2.24, 2.45) is 0 Å². The number of unbranched alkanes of at least 4 members (excludes halogenated alkanes) is 1. The molecule has 2 nitrogen and oxygen atoms in total. The van der Waals surface area contributed by atoms with Crippen LogP contribution in [0.1, 0.15) is 25.3 Å². The van der Waals surface area contributed by atoms with Crippen molar-refractivity contribution in [2.45, 2.75) is 26.7 Å². The Kier molecular flexibility index (Phi) is 5.94. The Morgan fingerprint density at radius 2 is 2.06 bits per heavy atom. The number of anilines is 1. The Balaban J connectivity index is 2.27. The van der Waals surface area contributed by atoms with Gasteiger partial charge in [-0.3, -0.25) is 0 Å². The fourth-order valence-electron chi connectivity index (χ4n) is 1.67. The van der Waals surface area contributed by atoms with E-state index in [0.29, 0.717) is 0 Å². The lowest BCUT2D eigenvalue weighted by Gasteiger charge is -2.20. The van der Waals surface area contributed by atoms with Crippen molar-refractivity contribution in [3.05, 3.63) is 29.8 Å². The summed E-state index contributed by atoms with van der Waals surface area (Å²) < 4.78 is 0. The Hall–Kier alpha value is -1.02. The van der Waals surface area contributed by atoms with E-state index in [1.54, 1.807) is 0 Å². The highest BCUT2D eigenvalue weighted by Gasteiger charge is 1.99. The summed E-state index contributed by atoms with van der Waals surface area (Å²) in [6.45, 7) is 7.62. The van der Waals surface area contributed by atoms with Crippen LogP contribution in [0, 0.1) is 6.92 Å². The maximum Gasteiger partial charge on any atom is 0.0366 e. The Bertz CT molecular complexity index is 297.